The van der Waals surface area contributed by atoms with Crippen LogP contribution in [0.3, 0.4) is 0 Å². The standard InChI is InChI=1S/C11H15N3O2/c1-16-10-3-2-8(4-13-10)5-14-6-9(7-14)11(12)15/h2-4,9H,5-7H2,1H3,(H2,12,15). The highest BCUT2D eigenvalue weighted by Gasteiger charge is 2.30. The second-order valence-corrected chi connectivity index (χ2v) is 4.00. The SMILES string of the molecule is COc1ccc(CN2CC(C(N)=O)C2)cn1. The van der Waals surface area contributed by atoms with Crippen LogP contribution in [-0.4, -0.2) is 36.0 Å². The van der Waals surface area contributed by atoms with Crippen LogP contribution in [0.4, 0.5) is 0 Å². The Kier molecular flexibility index (Phi) is 3.05. The van der Waals surface area contributed by atoms with E-state index in [0.717, 1.165) is 25.2 Å². The number of primary amides is 1. The fourth-order valence-electron chi connectivity index (χ4n) is 1.76. The molecule has 0 aliphatic carbocycles. The van der Waals surface area contributed by atoms with Gasteiger partial charge in [-0.1, -0.05) is 6.07 Å². The lowest BCUT2D eigenvalue weighted by Gasteiger charge is -2.37. The molecule has 86 valence electrons. The zero-order valence-corrected chi connectivity index (χ0v) is 9.22. The number of likely N-dealkylation sites (tertiary alicyclic amines) is 1. The average molecular weight is 221 g/mol. The molecule has 2 heterocycles. The minimum absolute atomic E-state index is 0.0196. The van der Waals surface area contributed by atoms with Crippen molar-refractivity contribution >= 4 is 5.91 Å². The topological polar surface area (TPSA) is 68.5 Å². The van der Waals surface area contributed by atoms with Crippen LogP contribution in [0.15, 0.2) is 18.3 Å². The van der Waals surface area contributed by atoms with E-state index in [2.05, 4.69) is 9.88 Å². The highest BCUT2D eigenvalue weighted by Crippen LogP contribution is 2.18. The van der Waals surface area contributed by atoms with Crippen LogP contribution < -0.4 is 10.5 Å². The van der Waals surface area contributed by atoms with E-state index in [9.17, 15) is 4.79 Å². The molecule has 0 radical (unpaired) electrons. The Morgan fingerprint density at radius 2 is 2.38 bits per heavy atom. The van der Waals surface area contributed by atoms with E-state index >= 15 is 0 Å². The van der Waals surface area contributed by atoms with Gasteiger partial charge >= 0.3 is 0 Å². The summed E-state index contributed by atoms with van der Waals surface area (Å²) < 4.78 is 4.98. The zero-order valence-electron chi connectivity index (χ0n) is 9.22. The lowest BCUT2D eigenvalue weighted by molar-refractivity contribution is -0.127. The van der Waals surface area contributed by atoms with Gasteiger partial charge < -0.3 is 10.5 Å². The van der Waals surface area contributed by atoms with Gasteiger partial charge in [0.1, 0.15) is 0 Å². The van der Waals surface area contributed by atoms with E-state index in [1.54, 1.807) is 13.3 Å². The number of hydrogen-bond acceptors (Lipinski definition) is 4. The van der Waals surface area contributed by atoms with E-state index in [1.165, 1.54) is 0 Å². The molecule has 1 saturated heterocycles. The Balaban J connectivity index is 1.84. The molecule has 1 fully saturated rings. The second-order valence-electron chi connectivity index (χ2n) is 4.00. The number of hydrogen-bond donors (Lipinski definition) is 1. The molecule has 2 N–H and O–H groups in total. The normalized spacial score (nSPS) is 16.8. The molecule has 0 saturated carbocycles. The molecule has 0 unspecified atom stereocenters. The van der Waals surface area contributed by atoms with Crippen molar-refractivity contribution in [1.82, 2.24) is 9.88 Å². The lowest BCUT2D eigenvalue weighted by Crippen LogP contribution is -2.51. The number of aromatic nitrogens is 1. The number of methoxy groups -OCH3 is 1. The summed E-state index contributed by atoms with van der Waals surface area (Å²) >= 11 is 0. The minimum Gasteiger partial charge on any atom is -0.481 e. The van der Waals surface area contributed by atoms with Crippen LogP contribution >= 0.6 is 0 Å². The van der Waals surface area contributed by atoms with Gasteiger partial charge in [0, 0.05) is 31.9 Å². The number of carbonyl (C=O) groups excluding carboxylic acids is 1. The number of nitrogens with zero attached hydrogens (tertiary/aromatic N) is 2. The largest absolute Gasteiger partial charge is 0.481 e. The molecule has 0 bridgehead atoms. The predicted molar refractivity (Wildman–Crippen MR) is 58.8 cm³/mol. The molecule has 0 aromatic carbocycles. The summed E-state index contributed by atoms with van der Waals surface area (Å²) in [5.41, 5.74) is 6.31. The first-order valence-corrected chi connectivity index (χ1v) is 5.19. The molecule has 1 aromatic heterocycles. The molecule has 1 aromatic rings. The van der Waals surface area contributed by atoms with Crippen molar-refractivity contribution in [2.45, 2.75) is 6.54 Å². The second kappa shape index (κ2) is 4.49. The van der Waals surface area contributed by atoms with E-state index in [-0.39, 0.29) is 11.8 Å². The van der Waals surface area contributed by atoms with Crippen LogP contribution in [0.25, 0.3) is 0 Å². The Labute approximate surface area is 94.2 Å². The molecular weight excluding hydrogens is 206 g/mol. The van der Waals surface area contributed by atoms with Crippen molar-refractivity contribution in [3.63, 3.8) is 0 Å². The van der Waals surface area contributed by atoms with Crippen molar-refractivity contribution in [1.29, 1.82) is 0 Å². The summed E-state index contributed by atoms with van der Waals surface area (Å²) in [6.45, 7) is 2.31. The van der Waals surface area contributed by atoms with Crippen molar-refractivity contribution in [2.24, 2.45) is 11.7 Å². The van der Waals surface area contributed by atoms with Crippen molar-refractivity contribution in [3.05, 3.63) is 23.9 Å². The zero-order chi connectivity index (χ0) is 11.5. The molecule has 0 spiro atoms. The number of rotatable bonds is 4. The van der Waals surface area contributed by atoms with E-state index in [4.69, 9.17) is 10.5 Å². The van der Waals surface area contributed by atoms with Gasteiger partial charge in [0.25, 0.3) is 0 Å². The van der Waals surface area contributed by atoms with Crippen LogP contribution in [0.5, 0.6) is 5.88 Å². The van der Waals surface area contributed by atoms with Crippen LogP contribution in [0, 0.1) is 5.92 Å². The van der Waals surface area contributed by atoms with Gasteiger partial charge in [-0.25, -0.2) is 4.98 Å². The van der Waals surface area contributed by atoms with Crippen LogP contribution in [0.1, 0.15) is 5.56 Å². The Morgan fingerprint density at radius 3 is 2.88 bits per heavy atom. The monoisotopic (exact) mass is 221 g/mol. The molecule has 2 rings (SSSR count). The summed E-state index contributed by atoms with van der Waals surface area (Å²) in [7, 11) is 1.59. The van der Waals surface area contributed by atoms with Gasteiger partial charge in [0.05, 0.1) is 13.0 Å². The van der Waals surface area contributed by atoms with Gasteiger partial charge in [-0.2, -0.15) is 0 Å². The first-order chi connectivity index (χ1) is 7.69. The molecule has 16 heavy (non-hydrogen) atoms. The van der Waals surface area contributed by atoms with Crippen molar-refractivity contribution in [2.75, 3.05) is 20.2 Å². The Morgan fingerprint density at radius 1 is 1.62 bits per heavy atom. The minimum atomic E-state index is -0.205. The highest BCUT2D eigenvalue weighted by molar-refractivity contribution is 5.78. The molecule has 5 nitrogen and oxygen atoms in total. The fraction of sp³-hybridized carbons (Fsp3) is 0.455. The molecule has 1 aliphatic heterocycles. The number of pyridine rings is 1. The van der Waals surface area contributed by atoms with Crippen molar-refractivity contribution < 1.29 is 9.53 Å². The van der Waals surface area contributed by atoms with Crippen LogP contribution in [0.2, 0.25) is 0 Å². The Bertz CT molecular complexity index is 371. The highest BCUT2D eigenvalue weighted by atomic mass is 16.5. The maximum atomic E-state index is 10.8. The Hall–Kier alpha value is -1.62. The van der Waals surface area contributed by atoms with Gasteiger partial charge in [0.2, 0.25) is 11.8 Å². The quantitative estimate of drug-likeness (QED) is 0.777. The number of carbonyl (C=O) groups is 1. The van der Waals surface area contributed by atoms with E-state index in [1.807, 2.05) is 12.1 Å². The number of ether oxygens (including phenoxy) is 1. The molecule has 5 heteroatoms. The first kappa shape index (κ1) is 10.9. The van der Waals surface area contributed by atoms with Gasteiger partial charge in [-0.3, -0.25) is 9.69 Å². The number of amides is 1. The maximum Gasteiger partial charge on any atom is 0.223 e. The third kappa shape index (κ3) is 2.30. The van der Waals surface area contributed by atoms with Gasteiger partial charge in [-0.05, 0) is 5.56 Å². The van der Waals surface area contributed by atoms with Crippen molar-refractivity contribution in [3.8, 4) is 5.88 Å². The van der Waals surface area contributed by atoms with Gasteiger partial charge in [0.15, 0.2) is 0 Å². The van der Waals surface area contributed by atoms with E-state index < -0.39 is 0 Å². The van der Waals surface area contributed by atoms with Crippen LogP contribution in [-0.2, 0) is 11.3 Å². The number of nitrogens with two attached hydrogens (primary N) is 1. The molecular formula is C11H15N3O2. The molecule has 1 aliphatic rings. The summed E-state index contributed by atoms with van der Waals surface area (Å²) in [4.78, 5) is 17.1. The first-order valence-electron chi connectivity index (χ1n) is 5.19. The summed E-state index contributed by atoms with van der Waals surface area (Å²) in [6, 6.07) is 3.81. The van der Waals surface area contributed by atoms with Gasteiger partial charge in [-0.15, -0.1) is 0 Å². The summed E-state index contributed by atoms with van der Waals surface area (Å²) in [6.07, 6.45) is 1.79. The lowest BCUT2D eigenvalue weighted by atomic mass is 9.99. The predicted octanol–water partition coefficient (Wildman–Crippen LogP) is 0.00730. The van der Waals surface area contributed by atoms with E-state index in [0.29, 0.717) is 5.88 Å². The molecule has 1 amide bonds. The summed E-state index contributed by atoms with van der Waals surface area (Å²) in [5, 5.41) is 0. The summed E-state index contributed by atoms with van der Waals surface area (Å²) in [5.74, 6) is 0.428. The smallest absolute Gasteiger partial charge is 0.223 e. The third-order valence-corrected chi connectivity index (χ3v) is 2.77. The average Bonchev–Trinajstić information content (AvgIpc) is 2.23. The maximum absolute atomic E-state index is 10.8. The third-order valence-electron chi connectivity index (χ3n) is 2.77. The fourth-order valence-corrected chi connectivity index (χ4v) is 1.76. The molecule has 0 atom stereocenters.